The van der Waals surface area contributed by atoms with E-state index in [0.717, 1.165) is 0 Å². The first-order chi connectivity index (χ1) is 5.24. The van der Waals surface area contributed by atoms with Crippen molar-refractivity contribution < 1.29 is 4.84 Å². The Morgan fingerprint density at radius 3 is 2.64 bits per heavy atom. The lowest BCUT2D eigenvalue weighted by Crippen LogP contribution is -1.95. The summed E-state index contributed by atoms with van der Waals surface area (Å²) in [6.07, 6.45) is 0. The Kier molecular flexibility index (Phi) is 3.00. The van der Waals surface area contributed by atoms with E-state index in [9.17, 15) is 0 Å². The third-order valence-corrected chi connectivity index (χ3v) is 1.69. The molecule has 0 saturated heterocycles. The van der Waals surface area contributed by atoms with Crippen molar-refractivity contribution in [2.24, 2.45) is 0 Å². The third kappa shape index (κ3) is 2.26. The Morgan fingerprint density at radius 1 is 1.36 bits per heavy atom. The van der Waals surface area contributed by atoms with E-state index in [0.29, 0.717) is 15.7 Å². The summed E-state index contributed by atoms with van der Waals surface area (Å²) in [7, 11) is 1.52. The van der Waals surface area contributed by atoms with E-state index in [2.05, 4.69) is 10.3 Å². The summed E-state index contributed by atoms with van der Waals surface area (Å²) in [6, 6.07) is 5.12. The van der Waals surface area contributed by atoms with E-state index in [1.54, 1.807) is 18.2 Å². The normalized spacial score (nSPS) is 9.73. The highest BCUT2D eigenvalue weighted by atomic mass is 35.5. The summed E-state index contributed by atoms with van der Waals surface area (Å²) in [4.78, 5) is 4.67. The molecule has 1 rings (SSSR count). The van der Waals surface area contributed by atoms with Gasteiger partial charge in [0.15, 0.2) is 0 Å². The van der Waals surface area contributed by atoms with Gasteiger partial charge in [0.25, 0.3) is 0 Å². The van der Waals surface area contributed by atoms with Crippen molar-refractivity contribution in [1.82, 2.24) is 0 Å². The smallest absolute Gasteiger partial charge is 0.0791 e. The molecule has 1 aromatic rings. The quantitative estimate of drug-likeness (QED) is 0.727. The molecule has 0 saturated carbocycles. The van der Waals surface area contributed by atoms with Crippen LogP contribution in [0.5, 0.6) is 0 Å². The number of benzene rings is 1. The van der Waals surface area contributed by atoms with Crippen LogP contribution in [-0.4, -0.2) is 7.11 Å². The maximum absolute atomic E-state index is 5.78. The fraction of sp³-hybridized carbons (Fsp3) is 0.143. The zero-order chi connectivity index (χ0) is 8.27. The van der Waals surface area contributed by atoms with Crippen LogP contribution in [0, 0.1) is 0 Å². The fourth-order valence-electron chi connectivity index (χ4n) is 0.682. The average Bonchev–Trinajstić information content (AvgIpc) is 1.95. The zero-order valence-corrected chi connectivity index (χ0v) is 7.41. The predicted molar refractivity (Wildman–Crippen MR) is 47.1 cm³/mol. The summed E-state index contributed by atoms with van der Waals surface area (Å²) in [6.45, 7) is 0. The lowest BCUT2D eigenvalue weighted by molar-refractivity contribution is 0.271. The standard InChI is InChI=1S/C7H7Cl2NO/c1-11-10-7-3-2-5(8)4-6(7)9/h2-4,10H,1H3. The molecule has 0 radical (unpaired) electrons. The van der Waals surface area contributed by atoms with Gasteiger partial charge in [-0.15, -0.1) is 0 Å². The highest BCUT2D eigenvalue weighted by Gasteiger charge is 1.98. The Hall–Kier alpha value is -0.440. The fourth-order valence-corrected chi connectivity index (χ4v) is 1.13. The molecule has 0 spiro atoms. The summed E-state index contributed by atoms with van der Waals surface area (Å²) in [5.74, 6) is 0. The number of nitrogens with one attached hydrogen (secondary N) is 1. The third-order valence-electron chi connectivity index (χ3n) is 1.14. The second-order valence-electron chi connectivity index (χ2n) is 1.93. The molecule has 0 aliphatic carbocycles. The lowest BCUT2D eigenvalue weighted by Gasteiger charge is -2.04. The van der Waals surface area contributed by atoms with Gasteiger partial charge in [0, 0.05) is 5.02 Å². The van der Waals surface area contributed by atoms with Gasteiger partial charge in [0.2, 0.25) is 0 Å². The first kappa shape index (κ1) is 8.65. The lowest BCUT2D eigenvalue weighted by atomic mass is 10.3. The maximum atomic E-state index is 5.78. The molecular formula is C7H7Cl2NO. The molecule has 0 aromatic heterocycles. The van der Waals surface area contributed by atoms with E-state index in [1.807, 2.05) is 0 Å². The number of hydrogen-bond donors (Lipinski definition) is 1. The van der Waals surface area contributed by atoms with Crippen LogP contribution in [0.2, 0.25) is 10.0 Å². The predicted octanol–water partition coefficient (Wildman–Crippen LogP) is 2.97. The second-order valence-corrected chi connectivity index (χ2v) is 2.77. The molecule has 0 amide bonds. The van der Waals surface area contributed by atoms with Crippen molar-refractivity contribution in [3.05, 3.63) is 28.2 Å². The summed E-state index contributed by atoms with van der Waals surface area (Å²) < 4.78 is 0. The Labute approximate surface area is 75.0 Å². The molecule has 60 valence electrons. The molecule has 0 bridgehead atoms. The molecule has 1 N–H and O–H groups in total. The van der Waals surface area contributed by atoms with Crippen LogP contribution in [-0.2, 0) is 4.84 Å². The second kappa shape index (κ2) is 3.81. The molecule has 2 nitrogen and oxygen atoms in total. The first-order valence-electron chi connectivity index (χ1n) is 2.98. The van der Waals surface area contributed by atoms with Gasteiger partial charge < -0.3 is 0 Å². The highest BCUT2D eigenvalue weighted by molar-refractivity contribution is 6.36. The molecule has 0 heterocycles. The van der Waals surface area contributed by atoms with Crippen LogP contribution in [0.15, 0.2) is 18.2 Å². The Balaban J connectivity index is 2.90. The van der Waals surface area contributed by atoms with Crippen molar-refractivity contribution >= 4 is 28.9 Å². The van der Waals surface area contributed by atoms with Gasteiger partial charge in [-0.2, -0.15) is 0 Å². The molecule has 0 unspecified atom stereocenters. The van der Waals surface area contributed by atoms with Gasteiger partial charge in [-0.3, -0.25) is 10.3 Å². The van der Waals surface area contributed by atoms with Gasteiger partial charge in [-0.25, -0.2) is 0 Å². The molecular weight excluding hydrogens is 185 g/mol. The minimum Gasteiger partial charge on any atom is -0.279 e. The summed E-state index contributed by atoms with van der Waals surface area (Å²) >= 11 is 11.4. The van der Waals surface area contributed by atoms with Crippen molar-refractivity contribution in [2.45, 2.75) is 0 Å². The van der Waals surface area contributed by atoms with E-state index < -0.39 is 0 Å². The van der Waals surface area contributed by atoms with Gasteiger partial charge in [0.05, 0.1) is 17.8 Å². The minimum absolute atomic E-state index is 0.541. The molecule has 1 aromatic carbocycles. The topological polar surface area (TPSA) is 21.3 Å². The van der Waals surface area contributed by atoms with Crippen LogP contribution < -0.4 is 5.48 Å². The van der Waals surface area contributed by atoms with Gasteiger partial charge in [-0.1, -0.05) is 23.2 Å². The van der Waals surface area contributed by atoms with E-state index in [4.69, 9.17) is 23.2 Å². The van der Waals surface area contributed by atoms with Crippen LogP contribution in [0.4, 0.5) is 5.69 Å². The van der Waals surface area contributed by atoms with Gasteiger partial charge >= 0.3 is 0 Å². The molecule has 0 aliphatic rings. The average molecular weight is 192 g/mol. The first-order valence-corrected chi connectivity index (χ1v) is 3.73. The van der Waals surface area contributed by atoms with Crippen molar-refractivity contribution in [3.63, 3.8) is 0 Å². The van der Waals surface area contributed by atoms with Crippen molar-refractivity contribution in [3.8, 4) is 0 Å². The van der Waals surface area contributed by atoms with Gasteiger partial charge in [0.1, 0.15) is 0 Å². The van der Waals surface area contributed by atoms with E-state index in [1.165, 1.54) is 7.11 Å². The van der Waals surface area contributed by atoms with E-state index >= 15 is 0 Å². The molecule has 0 atom stereocenters. The minimum atomic E-state index is 0.541. The summed E-state index contributed by atoms with van der Waals surface area (Å²) in [5, 5.41) is 1.15. The van der Waals surface area contributed by atoms with Crippen molar-refractivity contribution in [1.29, 1.82) is 0 Å². The zero-order valence-electron chi connectivity index (χ0n) is 5.90. The van der Waals surface area contributed by atoms with Crippen molar-refractivity contribution in [2.75, 3.05) is 12.6 Å². The number of anilines is 1. The number of halogens is 2. The Morgan fingerprint density at radius 2 is 2.09 bits per heavy atom. The Bertz CT molecular complexity index is 252. The van der Waals surface area contributed by atoms with Gasteiger partial charge in [-0.05, 0) is 18.2 Å². The van der Waals surface area contributed by atoms with Crippen LogP contribution in [0.3, 0.4) is 0 Å². The maximum Gasteiger partial charge on any atom is 0.0791 e. The highest BCUT2D eigenvalue weighted by Crippen LogP contribution is 2.24. The molecule has 0 fully saturated rings. The SMILES string of the molecule is CONc1ccc(Cl)cc1Cl. The molecule has 4 heteroatoms. The largest absolute Gasteiger partial charge is 0.279 e. The van der Waals surface area contributed by atoms with E-state index in [-0.39, 0.29) is 0 Å². The van der Waals surface area contributed by atoms with Crippen LogP contribution in [0.1, 0.15) is 0 Å². The monoisotopic (exact) mass is 191 g/mol. The molecule has 0 aliphatic heterocycles. The summed E-state index contributed by atoms with van der Waals surface area (Å²) in [5.41, 5.74) is 3.32. The van der Waals surface area contributed by atoms with Crippen LogP contribution >= 0.6 is 23.2 Å². The van der Waals surface area contributed by atoms with Crippen LogP contribution in [0.25, 0.3) is 0 Å². The number of rotatable bonds is 2. The molecule has 11 heavy (non-hydrogen) atoms. The number of hydrogen-bond acceptors (Lipinski definition) is 2.